The molecule has 1 amide bonds. The Labute approximate surface area is 180 Å². The number of piperidine rings is 1. The average molecular weight is 444 g/mol. The number of nitrogens with zero attached hydrogens (tertiary/aromatic N) is 2. The normalized spacial score (nSPS) is 17.7. The molecule has 1 fully saturated rings. The molecule has 2 aromatic carbocycles. The number of fused-ring (bicyclic) bond motifs is 1. The smallest absolute Gasteiger partial charge is 0.408 e. The molecule has 0 saturated carbocycles. The molecular formula is C22H25N3O5S. The first-order valence-electron chi connectivity index (χ1n) is 10.1. The molecule has 0 spiro atoms. The SMILES string of the molecule is Cc1ccc(C)c(NC(=O)[C@@H]2CCCN(S(=O)(=O)c3ccc4c(c3)oc(=O)n4C)C2)c1. The predicted molar refractivity (Wildman–Crippen MR) is 117 cm³/mol. The van der Waals surface area contributed by atoms with Gasteiger partial charge in [-0.1, -0.05) is 12.1 Å². The van der Waals surface area contributed by atoms with Crippen molar-refractivity contribution < 1.29 is 17.6 Å². The van der Waals surface area contributed by atoms with Crippen molar-refractivity contribution in [2.45, 2.75) is 31.6 Å². The first kappa shape index (κ1) is 21.3. The van der Waals surface area contributed by atoms with Gasteiger partial charge in [0, 0.05) is 31.9 Å². The number of oxazole rings is 1. The fourth-order valence-electron chi connectivity index (χ4n) is 3.90. The monoisotopic (exact) mass is 443 g/mol. The van der Waals surface area contributed by atoms with Gasteiger partial charge < -0.3 is 9.73 Å². The summed E-state index contributed by atoms with van der Waals surface area (Å²) in [4.78, 5) is 24.6. The Hall–Kier alpha value is -2.91. The van der Waals surface area contributed by atoms with Gasteiger partial charge in [-0.05, 0) is 56.0 Å². The molecule has 3 aromatic rings. The van der Waals surface area contributed by atoms with Crippen LogP contribution in [0.15, 0.2) is 50.5 Å². The van der Waals surface area contributed by atoms with Gasteiger partial charge in [0.25, 0.3) is 0 Å². The molecule has 0 bridgehead atoms. The van der Waals surface area contributed by atoms with Crippen LogP contribution in [0.25, 0.3) is 11.1 Å². The van der Waals surface area contributed by atoms with Crippen molar-refractivity contribution >= 4 is 32.7 Å². The van der Waals surface area contributed by atoms with E-state index in [0.29, 0.717) is 24.9 Å². The van der Waals surface area contributed by atoms with E-state index in [4.69, 9.17) is 4.42 Å². The van der Waals surface area contributed by atoms with Gasteiger partial charge in [-0.15, -0.1) is 0 Å². The van der Waals surface area contributed by atoms with E-state index < -0.39 is 21.7 Å². The van der Waals surface area contributed by atoms with Crippen molar-refractivity contribution in [3.63, 3.8) is 0 Å². The van der Waals surface area contributed by atoms with Crippen molar-refractivity contribution in [1.29, 1.82) is 0 Å². The van der Waals surface area contributed by atoms with Crippen LogP contribution in [0.5, 0.6) is 0 Å². The van der Waals surface area contributed by atoms with Crippen molar-refractivity contribution in [2.75, 3.05) is 18.4 Å². The van der Waals surface area contributed by atoms with Crippen LogP contribution in [0.1, 0.15) is 24.0 Å². The quantitative estimate of drug-likeness (QED) is 0.668. The second kappa shape index (κ2) is 7.97. The van der Waals surface area contributed by atoms with E-state index >= 15 is 0 Å². The lowest BCUT2D eigenvalue weighted by Crippen LogP contribution is -2.43. The standard InChI is InChI=1S/C22H25N3O5S/c1-14-6-7-15(2)18(11-14)23-21(26)16-5-4-10-25(13-16)31(28,29)17-8-9-19-20(12-17)30-22(27)24(19)3/h6-9,11-12,16H,4-5,10,13H2,1-3H3,(H,23,26)/t16-/m1/s1. The van der Waals surface area contributed by atoms with Crippen LogP contribution in [0.3, 0.4) is 0 Å². The molecule has 0 unspecified atom stereocenters. The third-order valence-corrected chi connectivity index (χ3v) is 7.67. The number of amides is 1. The molecule has 9 heteroatoms. The van der Waals surface area contributed by atoms with Gasteiger partial charge in [-0.25, -0.2) is 13.2 Å². The molecule has 4 rings (SSSR count). The fraction of sp³-hybridized carbons (Fsp3) is 0.364. The Balaban J connectivity index is 1.55. The summed E-state index contributed by atoms with van der Waals surface area (Å²) in [5.74, 6) is -1.18. The van der Waals surface area contributed by atoms with Crippen molar-refractivity contribution in [3.8, 4) is 0 Å². The van der Waals surface area contributed by atoms with Crippen LogP contribution < -0.4 is 11.1 Å². The molecule has 8 nitrogen and oxygen atoms in total. The number of aromatic nitrogens is 1. The van der Waals surface area contributed by atoms with Crippen LogP contribution in [-0.4, -0.2) is 36.3 Å². The molecule has 31 heavy (non-hydrogen) atoms. The molecule has 1 N–H and O–H groups in total. The number of carbonyl (C=O) groups is 1. The Kier molecular flexibility index (Phi) is 5.49. The van der Waals surface area contributed by atoms with Crippen LogP contribution in [0, 0.1) is 19.8 Å². The van der Waals surface area contributed by atoms with E-state index in [1.54, 1.807) is 13.1 Å². The molecular weight excluding hydrogens is 418 g/mol. The van der Waals surface area contributed by atoms with E-state index in [-0.39, 0.29) is 22.9 Å². The van der Waals surface area contributed by atoms with Crippen molar-refractivity contribution in [1.82, 2.24) is 8.87 Å². The number of nitrogens with one attached hydrogen (secondary N) is 1. The summed E-state index contributed by atoms with van der Waals surface area (Å²) in [6, 6.07) is 10.2. The molecule has 1 atom stereocenters. The summed E-state index contributed by atoms with van der Waals surface area (Å²) in [7, 11) is -2.27. The highest BCUT2D eigenvalue weighted by Gasteiger charge is 2.34. The number of rotatable bonds is 4. The van der Waals surface area contributed by atoms with Crippen LogP contribution in [0.2, 0.25) is 0 Å². The van der Waals surface area contributed by atoms with E-state index in [2.05, 4.69) is 5.32 Å². The van der Waals surface area contributed by atoms with Crippen LogP contribution >= 0.6 is 0 Å². The summed E-state index contributed by atoms with van der Waals surface area (Å²) < 4.78 is 34.2. The highest BCUT2D eigenvalue weighted by atomic mass is 32.2. The average Bonchev–Trinajstić information content (AvgIpc) is 3.04. The predicted octanol–water partition coefficient (Wildman–Crippen LogP) is 2.79. The minimum Gasteiger partial charge on any atom is -0.408 e. The Morgan fingerprint density at radius 3 is 2.71 bits per heavy atom. The van der Waals surface area contributed by atoms with Crippen LogP contribution in [0.4, 0.5) is 5.69 Å². The van der Waals surface area contributed by atoms with Gasteiger partial charge in [0.15, 0.2) is 5.58 Å². The Morgan fingerprint density at radius 1 is 1.16 bits per heavy atom. The second-order valence-electron chi connectivity index (χ2n) is 8.07. The Bertz CT molecular complexity index is 1320. The maximum atomic E-state index is 13.2. The highest BCUT2D eigenvalue weighted by Crippen LogP contribution is 2.27. The molecule has 1 saturated heterocycles. The van der Waals surface area contributed by atoms with Gasteiger partial charge in [0.1, 0.15) is 0 Å². The van der Waals surface area contributed by atoms with Gasteiger partial charge in [0.2, 0.25) is 15.9 Å². The van der Waals surface area contributed by atoms with Crippen molar-refractivity contribution in [2.24, 2.45) is 13.0 Å². The molecule has 1 aliphatic rings. The van der Waals surface area contributed by atoms with Gasteiger partial charge in [-0.2, -0.15) is 4.31 Å². The zero-order chi connectivity index (χ0) is 22.3. The summed E-state index contributed by atoms with van der Waals surface area (Å²) in [5.41, 5.74) is 3.48. The molecule has 1 aromatic heterocycles. The number of hydrogen-bond donors (Lipinski definition) is 1. The van der Waals surface area contributed by atoms with Gasteiger partial charge in [0.05, 0.1) is 16.3 Å². The van der Waals surface area contributed by atoms with E-state index in [9.17, 15) is 18.0 Å². The number of benzene rings is 2. The zero-order valence-corrected chi connectivity index (χ0v) is 18.5. The summed E-state index contributed by atoms with van der Waals surface area (Å²) in [6.07, 6.45) is 1.21. The molecule has 0 radical (unpaired) electrons. The van der Waals surface area contributed by atoms with E-state index in [1.807, 2.05) is 32.0 Å². The maximum absolute atomic E-state index is 13.2. The highest BCUT2D eigenvalue weighted by molar-refractivity contribution is 7.89. The summed E-state index contributed by atoms with van der Waals surface area (Å²) in [6.45, 7) is 4.32. The first-order valence-corrected chi connectivity index (χ1v) is 11.6. The Morgan fingerprint density at radius 2 is 1.94 bits per heavy atom. The largest absolute Gasteiger partial charge is 0.419 e. The maximum Gasteiger partial charge on any atom is 0.419 e. The topological polar surface area (TPSA) is 102 Å². The van der Waals surface area contributed by atoms with E-state index in [0.717, 1.165) is 16.8 Å². The van der Waals surface area contributed by atoms with E-state index in [1.165, 1.54) is 21.0 Å². The third-order valence-electron chi connectivity index (χ3n) is 5.81. The zero-order valence-electron chi connectivity index (χ0n) is 17.7. The minimum absolute atomic E-state index is 0.0462. The third kappa shape index (κ3) is 4.03. The fourth-order valence-corrected chi connectivity index (χ4v) is 5.44. The lowest BCUT2D eigenvalue weighted by atomic mass is 9.98. The minimum atomic E-state index is -3.83. The number of aryl methyl sites for hydroxylation is 3. The van der Waals surface area contributed by atoms with Gasteiger partial charge >= 0.3 is 5.76 Å². The van der Waals surface area contributed by atoms with Crippen LogP contribution in [-0.2, 0) is 21.9 Å². The second-order valence-corrected chi connectivity index (χ2v) is 10.0. The lowest BCUT2D eigenvalue weighted by Gasteiger charge is -2.31. The lowest BCUT2D eigenvalue weighted by molar-refractivity contribution is -0.120. The number of hydrogen-bond acceptors (Lipinski definition) is 5. The molecule has 164 valence electrons. The molecule has 1 aliphatic heterocycles. The van der Waals surface area contributed by atoms with Gasteiger partial charge in [-0.3, -0.25) is 9.36 Å². The summed E-state index contributed by atoms with van der Waals surface area (Å²) >= 11 is 0. The number of anilines is 1. The summed E-state index contributed by atoms with van der Waals surface area (Å²) in [5, 5.41) is 2.95. The number of carbonyl (C=O) groups excluding carboxylic acids is 1. The first-order chi connectivity index (χ1) is 14.7. The molecule has 0 aliphatic carbocycles. The van der Waals surface area contributed by atoms with Crippen molar-refractivity contribution in [3.05, 3.63) is 58.1 Å². The number of sulfonamides is 1. The molecule has 2 heterocycles.